The molecule has 0 spiro atoms. The maximum atomic E-state index is 11.3. The molecule has 0 bridgehead atoms. The first kappa shape index (κ1) is 14.0. The van der Waals surface area contributed by atoms with E-state index in [1.165, 1.54) is 0 Å². The number of para-hydroxylation sites is 1. The number of primary amides is 1. The lowest BCUT2D eigenvalue weighted by molar-refractivity contribution is -0.122. The summed E-state index contributed by atoms with van der Waals surface area (Å²) in [5.41, 5.74) is 7.80. The van der Waals surface area contributed by atoms with E-state index < -0.39 is 0 Å². The van der Waals surface area contributed by atoms with E-state index in [0.717, 1.165) is 54.1 Å². The van der Waals surface area contributed by atoms with Gasteiger partial charge in [0.2, 0.25) is 5.91 Å². The standard InChI is InChI=1S/C17H18N4O2/c1-10-19-14-12-4-2-3-5-13(12)23-15(14)17(20-10)21-8-6-11(7-9-21)16(18)22/h2-5,11H,6-9H2,1H3,(H2,18,22). The molecule has 1 aliphatic heterocycles. The third-order valence-corrected chi connectivity index (χ3v) is 4.51. The number of carbonyl (C=O) groups is 1. The van der Waals surface area contributed by atoms with Crippen LogP contribution in [-0.2, 0) is 4.79 Å². The summed E-state index contributed by atoms with van der Waals surface area (Å²) in [7, 11) is 0. The van der Waals surface area contributed by atoms with Gasteiger partial charge in [-0.05, 0) is 31.9 Å². The summed E-state index contributed by atoms with van der Waals surface area (Å²) in [6.45, 7) is 3.38. The molecule has 23 heavy (non-hydrogen) atoms. The van der Waals surface area contributed by atoms with Crippen LogP contribution in [0.2, 0.25) is 0 Å². The molecule has 0 atom stereocenters. The quantitative estimate of drug-likeness (QED) is 0.785. The topological polar surface area (TPSA) is 85.3 Å². The normalized spacial score (nSPS) is 16.3. The van der Waals surface area contributed by atoms with E-state index in [9.17, 15) is 4.79 Å². The van der Waals surface area contributed by atoms with Gasteiger partial charge >= 0.3 is 0 Å². The van der Waals surface area contributed by atoms with Crippen molar-refractivity contribution in [1.29, 1.82) is 0 Å². The Kier molecular flexibility index (Phi) is 3.18. The number of hydrogen-bond donors (Lipinski definition) is 1. The number of hydrogen-bond acceptors (Lipinski definition) is 5. The average molecular weight is 310 g/mol. The number of amides is 1. The van der Waals surface area contributed by atoms with Crippen LogP contribution in [0, 0.1) is 12.8 Å². The number of piperidine rings is 1. The van der Waals surface area contributed by atoms with Crippen molar-refractivity contribution < 1.29 is 9.21 Å². The largest absolute Gasteiger partial charge is 0.450 e. The maximum Gasteiger partial charge on any atom is 0.220 e. The Balaban J connectivity index is 1.79. The predicted octanol–water partition coefficient (Wildman–Crippen LogP) is 2.39. The summed E-state index contributed by atoms with van der Waals surface area (Å²) in [6.07, 6.45) is 1.50. The highest BCUT2D eigenvalue weighted by Crippen LogP contribution is 2.34. The monoisotopic (exact) mass is 310 g/mol. The van der Waals surface area contributed by atoms with Crippen molar-refractivity contribution in [2.24, 2.45) is 11.7 Å². The van der Waals surface area contributed by atoms with Crippen LogP contribution in [0.25, 0.3) is 22.1 Å². The van der Waals surface area contributed by atoms with E-state index >= 15 is 0 Å². The Morgan fingerprint density at radius 3 is 2.74 bits per heavy atom. The van der Waals surface area contributed by atoms with Crippen molar-refractivity contribution in [3.05, 3.63) is 30.1 Å². The number of anilines is 1. The number of fused-ring (bicyclic) bond motifs is 3. The third kappa shape index (κ3) is 2.30. The lowest BCUT2D eigenvalue weighted by Crippen LogP contribution is -2.39. The Morgan fingerprint density at radius 2 is 2.00 bits per heavy atom. The molecule has 118 valence electrons. The van der Waals surface area contributed by atoms with Crippen LogP contribution in [-0.4, -0.2) is 29.0 Å². The summed E-state index contributed by atoms with van der Waals surface area (Å²) < 4.78 is 6.01. The molecule has 1 aliphatic rings. The number of carbonyl (C=O) groups excluding carboxylic acids is 1. The summed E-state index contributed by atoms with van der Waals surface area (Å²) in [4.78, 5) is 22.7. The molecule has 2 N–H and O–H groups in total. The number of nitrogens with two attached hydrogens (primary N) is 1. The van der Waals surface area contributed by atoms with Crippen molar-refractivity contribution in [1.82, 2.24) is 9.97 Å². The molecule has 0 saturated carbocycles. The maximum absolute atomic E-state index is 11.3. The molecule has 1 saturated heterocycles. The Morgan fingerprint density at radius 1 is 1.26 bits per heavy atom. The van der Waals surface area contributed by atoms with Gasteiger partial charge < -0.3 is 15.1 Å². The average Bonchev–Trinajstić information content (AvgIpc) is 2.93. The molecule has 2 aromatic heterocycles. The SMILES string of the molecule is Cc1nc(N2CCC(C(N)=O)CC2)c2oc3ccccc3c2n1. The lowest BCUT2D eigenvalue weighted by atomic mass is 9.96. The second kappa shape index (κ2) is 5.22. The first-order valence-corrected chi connectivity index (χ1v) is 7.83. The van der Waals surface area contributed by atoms with Gasteiger partial charge in [0.15, 0.2) is 11.4 Å². The Bertz CT molecular complexity index is 894. The summed E-state index contributed by atoms with van der Waals surface area (Å²) >= 11 is 0. The van der Waals surface area contributed by atoms with Crippen molar-refractivity contribution >= 4 is 33.8 Å². The Hall–Kier alpha value is -2.63. The molecule has 3 aromatic rings. The van der Waals surface area contributed by atoms with E-state index in [1.54, 1.807) is 0 Å². The molecular formula is C17H18N4O2. The molecule has 0 radical (unpaired) electrons. The second-order valence-electron chi connectivity index (χ2n) is 6.03. The Labute approximate surface area is 133 Å². The number of nitrogens with zero attached hydrogens (tertiary/aromatic N) is 3. The van der Waals surface area contributed by atoms with E-state index in [4.69, 9.17) is 10.2 Å². The van der Waals surface area contributed by atoms with Gasteiger partial charge in [0.05, 0.1) is 0 Å². The highest BCUT2D eigenvalue weighted by molar-refractivity contribution is 6.05. The van der Waals surface area contributed by atoms with Gasteiger partial charge in [-0.2, -0.15) is 0 Å². The number of aromatic nitrogens is 2. The molecule has 4 rings (SSSR count). The zero-order valence-electron chi connectivity index (χ0n) is 13.0. The van der Waals surface area contributed by atoms with Crippen LogP contribution >= 0.6 is 0 Å². The number of aryl methyl sites for hydroxylation is 1. The minimum absolute atomic E-state index is 0.0413. The zero-order valence-corrected chi connectivity index (χ0v) is 13.0. The van der Waals surface area contributed by atoms with Crippen molar-refractivity contribution in [2.75, 3.05) is 18.0 Å². The highest BCUT2D eigenvalue weighted by atomic mass is 16.3. The van der Waals surface area contributed by atoms with Gasteiger partial charge in [0, 0.05) is 24.4 Å². The van der Waals surface area contributed by atoms with Crippen molar-refractivity contribution in [3.8, 4) is 0 Å². The fourth-order valence-electron chi connectivity index (χ4n) is 3.28. The van der Waals surface area contributed by atoms with Crippen LogP contribution in [0.1, 0.15) is 18.7 Å². The lowest BCUT2D eigenvalue weighted by Gasteiger charge is -2.31. The predicted molar refractivity (Wildman–Crippen MR) is 88.2 cm³/mol. The highest BCUT2D eigenvalue weighted by Gasteiger charge is 2.26. The van der Waals surface area contributed by atoms with Crippen LogP contribution in [0.15, 0.2) is 28.7 Å². The summed E-state index contributed by atoms with van der Waals surface area (Å²) in [5.74, 6) is 1.28. The van der Waals surface area contributed by atoms with E-state index in [1.807, 2.05) is 31.2 Å². The second-order valence-corrected chi connectivity index (χ2v) is 6.03. The van der Waals surface area contributed by atoms with E-state index in [-0.39, 0.29) is 11.8 Å². The molecule has 1 aromatic carbocycles. The van der Waals surface area contributed by atoms with E-state index in [0.29, 0.717) is 5.58 Å². The first-order chi connectivity index (χ1) is 11.1. The molecular weight excluding hydrogens is 292 g/mol. The van der Waals surface area contributed by atoms with Crippen LogP contribution in [0.3, 0.4) is 0 Å². The first-order valence-electron chi connectivity index (χ1n) is 7.83. The van der Waals surface area contributed by atoms with Gasteiger partial charge in [-0.1, -0.05) is 12.1 Å². The number of furan rings is 1. The third-order valence-electron chi connectivity index (χ3n) is 4.51. The summed E-state index contributed by atoms with van der Waals surface area (Å²) in [6, 6.07) is 7.88. The smallest absolute Gasteiger partial charge is 0.220 e. The minimum atomic E-state index is -0.211. The summed E-state index contributed by atoms with van der Waals surface area (Å²) in [5, 5.41) is 1.00. The zero-order chi connectivity index (χ0) is 16.0. The number of rotatable bonds is 2. The minimum Gasteiger partial charge on any atom is -0.450 e. The molecule has 6 nitrogen and oxygen atoms in total. The molecule has 6 heteroatoms. The van der Waals surface area contributed by atoms with Crippen LogP contribution in [0.4, 0.5) is 5.82 Å². The van der Waals surface area contributed by atoms with Crippen molar-refractivity contribution in [3.63, 3.8) is 0 Å². The van der Waals surface area contributed by atoms with Gasteiger partial charge in [-0.15, -0.1) is 0 Å². The molecule has 1 fully saturated rings. The molecule has 3 heterocycles. The number of benzene rings is 1. The van der Waals surface area contributed by atoms with Crippen LogP contribution < -0.4 is 10.6 Å². The fraction of sp³-hybridized carbons (Fsp3) is 0.353. The fourth-order valence-corrected chi connectivity index (χ4v) is 3.28. The van der Waals surface area contributed by atoms with Gasteiger partial charge in [-0.25, -0.2) is 9.97 Å². The molecule has 0 aliphatic carbocycles. The van der Waals surface area contributed by atoms with Gasteiger partial charge in [0.25, 0.3) is 0 Å². The molecule has 0 unspecified atom stereocenters. The van der Waals surface area contributed by atoms with Crippen molar-refractivity contribution in [2.45, 2.75) is 19.8 Å². The van der Waals surface area contributed by atoms with Gasteiger partial charge in [0.1, 0.15) is 16.9 Å². The molecule has 1 amide bonds. The van der Waals surface area contributed by atoms with E-state index in [2.05, 4.69) is 14.9 Å². The van der Waals surface area contributed by atoms with Gasteiger partial charge in [-0.3, -0.25) is 4.79 Å². The van der Waals surface area contributed by atoms with Crippen LogP contribution in [0.5, 0.6) is 0 Å².